The zero-order chi connectivity index (χ0) is 15.6. The zero-order valence-corrected chi connectivity index (χ0v) is 13.0. The van der Waals surface area contributed by atoms with Crippen LogP contribution in [0.15, 0.2) is 48.7 Å². The van der Waals surface area contributed by atoms with Crippen LogP contribution >= 0.6 is 0 Å². The first-order chi connectivity index (χ1) is 10.6. The summed E-state index contributed by atoms with van der Waals surface area (Å²) >= 11 is 0. The predicted octanol–water partition coefficient (Wildman–Crippen LogP) is 2.50. The van der Waals surface area contributed by atoms with E-state index in [9.17, 15) is 4.79 Å². The first kappa shape index (κ1) is 14.6. The average molecular weight is 295 g/mol. The van der Waals surface area contributed by atoms with Gasteiger partial charge in [-0.2, -0.15) is 0 Å². The molecule has 114 valence electrons. The van der Waals surface area contributed by atoms with Crippen LogP contribution in [0.4, 0.5) is 5.82 Å². The van der Waals surface area contributed by atoms with E-state index in [2.05, 4.69) is 10.3 Å². The number of nitrogens with one attached hydrogen (secondary N) is 1. The van der Waals surface area contributed by atoms with Crippen molar-refractivity contribution in [2.24, 2.45) is 0 Å². The fourth-order valence-corrected chi connectivity index (χ4v) is 2.70. The number of carbonyl (C=O) groups excluding carboxylic acids is 1. The molecule has 1 amide bonds. The number of carbonyl (C=O) groups is 1. The third kappa shape index (κ3) is 2.82. The molecule has 2 aromatic rings. The molecule has 4 heteroatoms. The smallest absolute Gasteiger partial charge is 0.230 e. The molecule has 1 aromatic carbocycles. The van der Waals surface area contributed by atoms with Gasteiger partial charge in [0.25, 0.3) is 0 Å². The van der Waals surface area contributed by atoms with Crippen LogP contribution in [0.2, 0.25) is 0 Å². The van der Waals surface area contributed by atoms with E-state index < -0.39 is 0 Å². The van der Waals surface area contributed by atoms with Crippen molar-refractivity contribution in [3.8, 4) is 0 Å². The summed E-state index contributed by atoms with van der Waals surface area (Å²) in [6.07, 6.45) is 3.64. The summed E-state index contributed by atoms with van der Waals surface area (Å²) in [6.45, 7) is 0.538. The zero-order valence-electron chi connectivity index (χ0n) is 13.0. The van der Waals surface area contributed by atoms with Crippen LogP contribution in [0.25, 0.3) is 0 Å². The van der Waals surface area contributed by atoms with Gasteiger partial charge in [-0.3, -0.25) is 4.79 Å². The molecule has 1 saturated carbocycles. The second kappa shape index (κ2) is 5.79. The molecule has 0 atom stereocenters. The summed E-state index contributed by atoms with van der Waals surface area (Å²) in [5, 5.41) is 3.08. The second-order valence-corrected chi connectivity index (χ2v) is 6.05. The van der Waals surface area contributed by atoms with Crippen LogP contribution in [0.3, 0.4) is 0 Å². The Hall–Kier alpha value is -2.36. The molecule has 0 saturated heterocycles. The minimum Gasteiger partial charge on any atom is -0.363 e. The van der Waals surface area contributed by atoms with Crippen LogP contribution in [-0.2, 0) is 16.8 Å². The summed E-state index contributed by atoms with van der Waals surface area (Å²) in [4.78, 5) is 18.8. The van der Waals surface area contributed by atoms with Crippen LogP contribution in [0, 0.1) is 0 Å². The van der Waals surface area contributed by atoms with Crippen molar-refractivity contribution in [2.45, 2.75) is 24.8 Å². The number of anilines is 1. The summed E-state index contributed by atoms with van der Waals surface area (Å²) in [5.74, 6) is 1.03. The van der Waals surface area contributed by atoms with E-state index in [4.69, 9.17) is 0 Å². The Morgan fingerprint density at radius 2 is 1.95 bits per heavy atom. The monoisotopic (exact) mass is 295 g/mol. The van der Waals surface area contributed by atoms with Crippen LogP contribution in [-0.4, -0.2) is 25.0 Å². The third-order valence-electron chi connectivity index (χ3n) is 4.23. The normalized spacial score (nSPS) is 15.2. The number of rotatable bonds is 5. The third-order valence-corrected chi connectivity index (χ3v) is 4.23. The molecule has 0 bridgehead atoms. The lowest BCUT2D eigenvalue weighted by Crippen LogP contribution is -2.34. The molecule has 1 aliphatic rings. The molecule has 1 aromatic heterocycles. The van der Waals surface area contributed by atoms with Crippen molar-refractivity contribution >= 4 is 11.7 Å². The molecule has 0 unspecified atom stereocenters. The number of aromatic nitrogens is 1. The number of pyridine rings is 1. The SMILES string of the molecule is CN(C)c1cc(CNC(=O)C2(c3ccccc3)CC2)ccn1. The maximum Gasteiger partial charge on any atom is 0.230 e. The van der Waals surface area contributed by atoms with E-state index in [1.54, 1.807) is 6.20 Å². The molecule has 1 aliphatic carbocycles. The average Bonchev–Trinajstić information content (AvgIpc) is 3.35. The fourth-order valence-electron chi connectivity index (χ4n) is 2.70. The topological polar surface area (TPSA) is 45.2 Å². The van der Waals surface area contributed by atoms with E-state index in [0.717, 1.165) is 29.8 Å². The first-order valence-electron chi connectivity index (χ1n) is 7.58. The number of hydrogen-bond donors (Lipinski definition) is 1. The predicted molar refractivity (Wildman–Crippen MR) is 87.8 cm³/mol. The van der Waals surface area contributed by atoms with Gasteiger partial charge >= 0.3 is 0 Å². The van der Waals surface area contributed by atoms with Crippen LogP contribution in [0.5, 0.6) is 0 Å². The molecule has 0 aliphatic heterocycles. The van der Waals surface area contributed by atoms with Gasteiger partial charge in [0, 0.05) is 26.8 Å². The van der Waals surface area contributed by atoms with E-state index in [0.29, 0.717) is 6.54 Å². The number of nitrogens with zero attached hydrogens (tertiary/aromatic N) is 2. The highest BCUT2D eigenvalue weighted by Gasteiger charge is 2.50. The van der Waals surface area contributed by atoms with Crippen LogP contribution < -0.4 is 10.2 Å². The second-order valence-electron chi connectivity index (χ2n) is 6.05. The van der Waals surface area contributed by atoms with E-state index in [-0.39, 0.29) is 11.3 Å². The van der Waals surface area contributed by atoms with Gasteiger partial charge in [-0.1, -0.05) is 30.3 Å². The highest BCUT2D eigenvalue weighted by atomic mass is 16.2. The van der Waals surface area contributed by atoms with Gasteiger partial charge in [0.1, 0.15) is 5.82 Å². The Bertz CT molecular complexity index is 663. The molecular weight excluding hydrogens is 274 g/mol. The Morgan fingerprint density at radius 1 is 1.23 bits per heavy atom. The lowest BCUT2D eigenvalue weighted by atomic mass is 9.95. The largest absolute Gasteiger partial charge is 0.363 e. The minimum atomic E-state index is -0.307. The van der Waals surface area contributed by atoms with E-state index in [1.165, 1.54) is 0 Å². The van der Waals surface area contributed by atoms with Crippen molar-refractivity contribution in [1.82, 2.24) is 10.3 Å². The van der Waals surface area contributed by atoms with E-state index in [1.807, 2.05) is 61.5 Å². The van der Waals surface area contributed by atoms with Gasteiger partial charge in [-0.15, -0.1) is 0 Å². The Balaban J connectivity index is 1.67. The van der Waals surface area contributed by atoms with Crippen molar-refractivity contribution in [2.75, 3.05) is 19.0 Å². The lowest BCUT2D eigenvalue weighted by molar-refractivity contribution is -0.123. The summed E-state index contributed by atoms with van der Waals surface area (Å²) in [7, 11) is 3.92. The summed E-state index contributed by atoms with van der Waals surface area (Å²) in [6, 6.07) is 14.0. The van der Waals surface area contributed by atoms with Crippen molar-refractivity contribution in [1.29, 1.82) is 0 Å². The van der Waals surface area contributed by atoms with Gasteiger partial charge in [0.05, 0.1) is 5.41 Å². The minimum absolute atomic E-state index is 0.127. The maximum atomic E-state index is 12.6. The standard InChI is InChI=1S/C18H21N3O/c1-21(2)16-12-14(8-11-19-16)13-20-17(22)18(9-10-18)15-6-4-3-5-7-15/h3-8,11-12H,9-10,13H2,1-2H3,(H,20,22). The molecule has 0 spiro atoms. The molecule has 3 rings (SSSR count). The van der Waals surface area contributed by atoms with Gasteiger partial charge < -0.3 is 10.2 Å². The number of hydrogen-bond acceptors (Lipinski definition) is 3. The fraction of sp³-hybridized carbons (Fsp3) is 0.333. The molecule has 4 nitrogen and oxygen atoms in total. The van der Waals surface area contributed by atoms with Crippen molar-refractivity contribution in [3.05, 3.63) is 59.8 Å². The van der Waals surface area contributed by atoms with E-state index >= 15 is 0 Å². The van der Waals surface area contributed by atoms with Gasteiger partial charge in [0.2, 0.25) is 5.91 Å². The number of benzene rings is 1. The Morgan fingerprint density at radius 3 is 2.59 bits per heavy atom. The maximum absolute atomic E-state index is 12.6. The van der Waals surface area contributed by atoms with Gasteiger partial charge in [0.15, 0.2) is 0 Å². The van der Waals surface area contributed by atoms with Gasteiger partial charge in [-0.05, 0) is 36.1 Å². The molecule has 22 heavy (non-hydrogen) atoms. The highest BCUT2D eigenvalue weighted by Crippen LogP contribution is 2.48. The molecule has 1 N–H and O–H groups in total. The highest BCUT2D eigenvalue weighted by molar-refractivity contribution is 5.91. The first-order valence-corrected chi connectivity index (χ1v) is 7.58. The molecular formula is C18H21N3O. The quantitative estimate of drug-likeness (QED) is 0.922. The van der Waals surface area contributed by atoms with Gasteiger partial charge in [-0.25, -0.2) is 4.98 Å². The van der Waals surface area contributed by atoms with Crippen molar-refractivity contribution in [3.63, 3.8) is 0 Å². The molecule has 0 radical (unpaired) electrons. The molecule has 1 fully saturated rings. The lowest BCUT2D eigenvalue weighted by Gasteiger charge is -2.16. The van der Waals surface area contributed by atoms with Crippen LogP contribution in [0.1, 0.15) is 24.0 Å². The molecule has 1 heterocycles. The summed E-state index contributed by atoms with van der Waals surface area (Å²) in [5.41, 5.74) is 1.88. The Kier molecular flexibility index (Phi) is 3.84. The Labute approximate surface area is 131 Å². The van der Waals surface area contributed by atoms with Crippen molar-refractivity contribution < 1.29 is 4.79 Å². The summed E-state index contributed by atoms with van der Waals surface area (Å²) < 4.78 is 0. The number of amides is 1.